The Hall–Kier alpha value is -1.92. The fourth-order valence-electron chi connectivity index (χ4n) is 1.94. The Balaban J connectivity index is 2.40. The number of sulfonamides is 1. The van der Waals surface area contributed by atoms with Crippen molar-refractivity contribution in [2.45, 2.75) is 13.0 Å². The first kappa shape index (κ1) is 15.5. The molecule has 6 heteroatoms. The minimum Gasteiger partial charge on any atom is -0.497 e. The smallest absolute Gasteiger partial charge is 0.212 e. The Bertz CT molecular complexity index is 670. The van der Waals surface area contributed by atoms with E-state index in [2.05, 4.69) is 9.71 Å². The third-order valence-electron chi connectivity index (χ3n) is 3.17. The van der Waals surface area contributed by atoms with Crippen molar-refractivity contribution in [3.05, 3.63) is 59.9 Å². The number of pyridine rings is 1. The molecule has 1 heterocycles. The van der Waals surface area contributed by atoms with Gasteiger partial charge in [-0.1, -0.05) is 12.1 Å². The molecule has 0 saturated heterocycles. The molecule has 0 saturated carbocycles. The third-order valence-corrected chi connectivity index (χ3v) is 4.52. The van der Waals surface area contributed by atoms with E-state index < -0.39 is 16.1 Å². The fourth-order valence-corrected chi connectivity index (χ4v) is 2.74. The van der Waals surface area contributed by atoms with Crippen molar-refractivity contribution in [2.24, 2.45) is 0 Å². The molecule has 112 valence electrons. The summed E-state index contributed by atoms with van der Waals surface area (Å²) < 4.78 is 31.7. The van der Waals surface area contributed by atoms with Crippen LogP contribution >= 0.6 is 0 Å². The van der Waals surface area contributed by atoms with Crippen LogP contribution in [0.5, 0.6) is 5.75 Å². The standard InChI is InChI=1S/C15H18N2O3S/c1-3-21(18,19)17-15(13-8-10-16-11-9-13)12-4-6-14(20-2)7-5-12/h4-11,15,17H,3H2,1-2H3. The van der Waals surface area contributed by atoms with E-state index in [4.69, 9.17) is 4.74 Å². The van der Waals surface area contributed by atoms with E-state index in [1.807, 2.05) is 24.3 Å². The van der Waals surface area contributed by atoms with Crippen molar-refractivity contribution < 1.29 is 13.2 Å². The first-order chi connectivity index (χ1) is 10.1. The predicted molar refractivity (Wildman–Crippen MR) is 81.7 cm³/mol. The van der Waals surface area contributed by atoms with Crippen molar-refractivity contribution in [1.82, 2.24) is 9.71 Å². The molecule has 1 aromatic heterocycles. The molecule has 1 N–H and O–H groups in total. The lowest BCUT2D eigenvalue weighted by Gasteiger charge is -2.19. The summed E-state index contributed by atoms with van der Waals surface area (Å²) in [5.74, 6) is 0.760. The summed E-state index contributed by atoms with van der Waals surface area (Å²) in [6.07, 6.45) is 3.29. The maximum atomic E-state index is 11.9. The average molecular weight is 306 g/mol. The number of nitrogens with zero attached hydrogens (tertiary/aromatic N) is 1. The molecule has 0 aliphatic carbocycles. The number of methoxy groups -OCH3 is 1. The number of benzene rings is 1. The van der Waals surface area contributed by atoms with Crippen LogP contribution in [0.1, 0.15) is 24.1 Å². The lowest BCUT2D eigenvalue weighted by molar-refractivity contribution is 0.414. The lowest BCUT2D eigenvalue weighted by Crippen LogP contribution is -2.30. The Morgan fingerprint density at radius 2 is 1.67 bits per heavy atom. The van der Waals surface area contributed by atoms with Gasteiger partial charge in [-0.05, 0) is 42.3 Å². The largest absolute Gasteiger partial charge is 0.497 e. The first-order valence-corrected chi connectivity index (χ1v) is 8.25. The summed E-state index contributed by atoms with van der Waals surface area (Å²) in [6, 6.07) is 10.5. The van der Waals surface area contributed by atoms with Gasteiger partial charge in [0.15, 0.2) is 0 Å². The number of rotatable bonds is 6. The van der Waals surface area contributed by atoms with Gasteiger partial charge in [-0.25, -0.2) is 13.1 Å². The summed E-state index contributed by atoms with van der Waals surface area (Å²) in [5, 5.41) is 0. The quantitative estimate of drug-likeness (QED) is 0.887. The molecule has 0 aliphatic rings. The topological polar surface area (TPSA) is 68.3 Å². The zero-order valence-corrected chi connectivity index (χ0v) is 12.8. The molecule has 5 nitrogen and oxygen atoms in total. The Morgan fingerprint density at radius 3 is 2.19 bits per heavy atom. The summed E-state index contributed by atoms with van der Waals surface area (Å²) in [6.45, 7) is 1.61. The summed E-state index contributed by atoms with van der Waals surface area (Å²) in [5.41, 5.74) is 1.69. The maximum Gasteiger partial charge on any atom is 0.212 e. The monoisotopic (exact) mass is 306 g/mol. The van der Waals surface area contributed by atoms with Crippen molar-refractivity contribution in [3.8, 4) is 5.75 Å². The predicted octanol–water partition coefficient (Wildman–Crippen LogP) is 2.12. The molecule has 1 aromatic carbocycles. The van der Waals surface area contributed by atoms with Gasteiger partial charge in [0.05, 0.1) is 18.9 Å². The number of nitrogens with one attached hydrogen (secondary N) is 1. The highest BCUT2D eigenvalue weighted by atomic mass is 32.2. The number of hydrogen-bond acceptors (Lipinski definition) is 4. The molecule has 2 aromatic rings. The summed E-state index contributed by atoms with van der Waals surface area (Å²) in [7, 11) is -1.74. The van der Waals surface area contributed by atoms with E-state index in [-0.39, 0.29) is 5.75 Å². The van der Waals surface area contributed by atoms with Crippen LogP contribution < -0.4 is 9.46 Å². The molecule has 21 heavy (non-hydrogen) atoms. The normalized spacial score (nSPS) is 12.9. The van der Waals surface area contributed by atoms with Gasteiger partial charge in [0, 0.05) is 12.4 Å². The van der Waals surface area contributed by atoms with E-state index >= 15 is 0 Å². The Kier molecular flexibility index (Phi) is 4.93. The fraction of sp³-hybridized carbons (Fsp3) is 0.267. The highest BCUT2D eigenvalue weighted by Gasteiger charge is 2.20. The molecule has 0 fully saturated rings. The van der Waals surface area contributed by atoms with Gasteiger partial charge >= 0.3 is 0 Å². The van der Waals surface area contributed by atoms with E-state index in [0.717, 1.165) is 16.9 Å². The lowest BCUT2D eigenvalue weighted by atomic mass is 10.0. The van der Waals surface area contributed by atoms with E-state index in [1.165, 1.54) is 0 Å². The van der Waals surface area contributed by atoms with Crippen LogP contribution in [0, 0.1) is 0 Å². The number of ether oxygens (including phenoxy) is 1. The van der Waals surface area contributed by atoms with E-state index in [1.54, 1.807) is 38.6 Å². The molecule has 0 aliphatic heterocycles. The van der Waals surface area contributed by atoms with Crippen molar-refractivity contribution in [1.29, 1.82) is 0 Å². The molecule has 1 atom stereocenters. The Morgan fingerprint density at radius 1 is 1.10 bits per heavy atom. The molecule has 1 unspecified atom stereocenters. The SMILES string of the molecule is CCS(=O)(=O)NC(c1ccncc1)c1ccc(OC)cc1. The maximum absolute atomic E-state index is 11.9. The first-order valence-electron chi connectivity index (χ1n) is 6.59. The molecule has 0 spiro atoms. The van der Waals surface area contributed by atoms with Crippen LogP contribution in [0.4, 0.5) is 0 Å². The molecule has 2 rings (SSSR count). The molecule has 0 radical (unpaired) electrons. The van der Waals surface area contributed by atoms with E-state index in [9.17, 15) is 8.42 Å². The van der Waals surface area contributed by atoms with Crippen LogP contribution in [0.25, 0.3) is 0 Å². The van der Waals surface area contributed by atoms with E-state index in [0.29, 0.717) is 0 Å². The van der Waals surface area contributed by atoms with Crippen molar-refractivity contribution in [2.75, 3.05) is 12.9 Å². The van der Waals surface area contributed by atoms with Crippen LogP contribution in [0.3, 0.4) is 0 Å². The van der Waals surface area contributed by atoms with Gasteiger partial charge in [-0.3, -0.25) is 4.98 Å². The zero-order valence-electron chi connectivity index (χ0n) is 12.0. The summed E-state index contributed by atoms with van der Waals surface area (Å²) in [4.78, 5) is 3.97. The second-order valence-corrected chi connectivity index (χ2v) is 6.55. The minimum atomic E-state index is -3.33. The van der Waals surface area contributed by atoms with Crippen molar-refractivity contribution in [3.63, 3.8) is 0 Å². The van der Waals surface area contributed by atoms with Crippen LogP contribution in [0.15, 0.2) is 48.8 Å². The number of hydrogen-bond donors (Lipinski definition) is 1. The molecule has 0 bridgehead atoms. The molecular weight excluding hydrogens is 288 g/mol. The number of aromatic nitrogens is 1. The van der Waals surface area contributed by atoms with Crippen LogP contribution in [0.2, 0.25) is 0 Å². The summed E-state index contributed by atoms with van der Waals surface area (Å²) >= 11 is 0. The van der Waals surface area contributed by atoms with Gasteiger partial charge < -0.3 is 4.74 Å². The van der Waals surface area contributed by atoms with Crippen LogP contribution in [-0.4, -0.2) is 26.3 Å². The Labute approximate surface area is 125 Å². The van der Waals surface area contributed by atoms with Crippen LogP contribution in [-0.2, 0) is 10.0 Å². The minimum absolute atomic E-state index is 0.0325. The highest BCUT2D eigenvalue weighted by molar-refractivity contribution is 7.89. The van der Waals surface area contributed by atoms with Gasteiger partial charge in [0.1, 0.15) is 5.75 Å². The van der Waals surface area contributed by atoms with Gasteiger partial charge in [-0.15, -0.1) is 0 Å². The highest BCUT2D eigenvalue weighted by Crippen LogP contribution is 2.24. The molecular formula is C15H18N2O3S. The molecule has 0 amide bonds. The van der Waals surface area contributed by atoms with Gasteiger partial charge in [0.2, 0.25) is 10.0 Å². The second-order valence-electron chi connectivity index (χ2n) is 4.51. The van der Waals surface area contributed by atoms with Gasteiger partial charge in [0.25, 0.3) is 0 Å². The third kappa shape index (κ3) is 4.03. The van der Waals surface area contributed by atoms with Crippen molar-refractivity contribution >= 4 is 10.0 Å². The zero-order chi connectivity index (χ0) is 15.3. The average Bonchev–Trinajstić information content (AvgIpc) is 2.54. The second kappa shape index (κ2) is 6.69. The van der Waals surface area contributed by atoms with Gasteiger partial charge in [-0.2, -0.15) is 0 Å².